The van der Waals surface area contributed by atoms with E-state index in [9.17, 15) is 4.79 Å². The molecule has 6 nitrogen and oxygen atoms in total. The van der Waals surface area contributed by atoms with Crippen molar-refractivity contribution in [3.8, 4) is 0 Å². The summed E-state index contributed by atoms with van der Waals surface area (Å²) in [5, 5.41) is 8.16. The summed E-state index contributed by atoms with van der Waals surface area (Å²) in [6.07, 6.45) is 7.55. The Bertz CT molecular complexity index is 605. The molecule has 6 heteroatoms. The number of aryl methyl sites for hydroxylation is 1. The highest BCUT2D eigenvalue weighted by atomic mass is 16.6. The lowest BCUT2D eigenvalue weighted by molar-refractivity contribution is 0.0165. The van der Waals surface area contributed by atoms with Gasteiger partial charge in [-0.05, 0) is 58.8 Å². The van der Waals surface area contributed by atoms with Crippen molar-refractivity contribution in [3.63, 3.8) is 0 Å². The molecule has 1 fully saturated rings. The van der Waals surface area contributed by atoms with Crippen LogP contribution in [-0.4, -0.2) is 46.0 Å². The standard InChI is InChI=1S/C19H32N4O2/c1-19(2,3)25-18(24)23-10-6-7-14(13-23)11-20-16-8-5-9-17-15(16)12-21-22(17)4/h12,14,16,20H,5-11,13H2,1-4H3. The van der Waals surface area contributed by atoms with Gasteiger partial charge in [-0.25, -0.2) is 4.79 Å². The molecule has 0 aromatic carbocycles. The van der Waals surface area contributed by atoms with Crippen molar-refractivity contribution in [2.24, 2.45) is 13.0 Å². The summed E-state index contributed by atoms with van der Waals surface area (Å²) >= 11 is 0. The van der Waals surface area contributed by atoms with Crippen LogP contribution in [0, 0.1) is 5.92 Å². The summed E-state index contributed by atoms with van der Waals surface area (Å²) < 4.78 is 7.53. The average molecular weight is 348 g/mol. The SMILES string of the molecule is Cn1ncc2c1CCCC2NCC1CCCN(C(=O)OC(C)(C)C)C1. The Balaban J connectivity index is 1.53. The third-order valence-electron chi connectivity index (χ3n) is 5.20. The Hall–Kier alpha value is -1.56. The van der Waals surface area contributed by atoms with Crippen molar-refractivity contribution in [1.29, 1.82) is 0 Å². The quantitative estimate of drug-likeness (QED) is 0.912. The summed E-state index contributed by atoms with van der Waals surface area (Å²) in [5.74, 6) is 0.489. The van der Waals surface area contributed by atoms with Gasteiger partial charge in [0.05, 0.1) is 6.20 Å². The van der Waals surface area contributed by atoms with Gasteiger partial charge < -0.3 is 15.0 Å². The van der Waals surface area contributed by atoms with Gasteiger partial charge in [-0.3, -0.25) is 4.68 Å². The number of rotatable bonds is 3. The second kappa shape index (κ2) is 7.36. The number of nitrogens with zero attached hydrogens (tertiary/aromatic N) is 3. The normalized spacial score (nSPS) is 24.1. The van der Waals surface area contributed by atoms with Crippen LogP contribution in [0.2, 0.25) is 0 Å². The predicted molar refractivity (Wildman–Crippen MR) is 97.4 cm³/mol. The van der Waals surface area contributed by atoms with Crippen molar-refractivity contribution >= 4 is 6.09 Å². The highest BCUT2D eigenvalue weighted by Gasteiger charge is 2.29. The molecule has 140 valence electrons. The first-order valence-electron chi connectivity index (χ1n) is 9.55. The zero-order chi connectivity index (χ0) is 18.0. The minimum absolute atomic E-state index is 0.176. The molecule has 2 unspecified atom stereocenters. The van der Waals surface area contributed by atoms with Gasteiger partial charge in [0.25, 0.3) is 0 Å². The second-order valence-corrected chi connectivity index (χ2v) is 8.46. The number of likely N-dealkylation sites (tertiary alicyclic amines) is 1. The monoisotopic (exact) mass is 348 g/mol. The molecular weight excluding hydrogens is 316 g/mol. The van der Waals surface area contributed by atoms with Crippen LogP contribution in [0.5, 0.6) is 0 Å². The van der Waals surface area contributed by atoms with E-state index in [2.05, 4.69) is 10.4 Å². The van der Waals surface area contributed by atoms with E-state index in [1.54, 1.807) is 0 Å². The average Bonchev–Trinajstić information content (AvgIpc) is 2.94. The highest BCUT2D eigenvalue weighted by Crippen LogP contribution is 2.29. The maximum absolute atomic E-state index is 12.3. The fraction of sp³-hybridized carbons (Fsp3) is 0.789. The molecule has 2 aliphatic rings. The Morgan fingerprint density at radius 3 is 2.92 bits per heavy atom. The number of hydrogen-bond donors (Lipinski definition) is 1. The number of hydrogen-bond acceptors (Lipinski definition) is 4. The van der Waals surface area contributed by atoms with E-state index in [0.29, 0.717) is 12.0 Å². The summed E-state index contributed by atoms with van der Waals surface area (Å²) in [4.78, 5) is 14.2. The minimum Gasteiger partial charge on any atom is -0.444 e. The Labute approximate surface area is 150 Å². The number of aromatic nitrogens is 2. The van der Waals surface area contributed by atoms with Gasteiger partial charge in [-0.1, -0.05) is 0 Å². The maximum Gasteiger partial charge on any atom is 0.410 e. The molecule has 1 aliphatic heterocycles. The molecule has 3 rings (SSSR count). The van der Waals surface area contributed by atoms with Gasteiger partial charge in [-0.2, -0.15) is 5.10 Å². The van der Waals surface area contributed by atoms with Crippen LogP contribution in [0.25, 0.3) is 0 Å². The molecule has 1 N–H and O–H groups in total. The molecule has 25 heavy (non-hydrogen) atoms. The van der Waals surface area contributed by atoms with Crippen molar-refractivity contribution in [2.75, 3.05) is 19.6 Å². The van der Waals surface area contributed by atoms with Crippen molar-refractivity contribution in [2.45, 2.75) is 64.5 Å². The molecule has 2 atom stereocenters. The van der Waals surface area contributed by atoms with E-state index in [1.165, 1.54) is 30.5 Å². The van der Waals surface area contributed by atoms with Gasteiger partial charge in [0.2, 0.25) is 0 Å². The van der Waals surface area contributed by atoms with E-state index in [4.69, 9.17) is 4.74 Å². The van der Waals surface area contributed by atoms with Crippen LogP contribution in [-0.2, 0) is 18.2 Å². The first-order chi connectivity index (χ1) is 11.8. The molecule has 1 aromatic heterocycles. The molecule has 0 saturated carbocycles. The van der Waals surface area contributed by atoms with E-state index < -0.39 is 5.60 Å². The predicted octanol–water partition coefficient (Wildman–Crippen LogP) is 3.03. The molecule has 1 amide bonds. The maximum atomic E-state index is 12.3. The molecular formula is C19H32N4O2. The molecule has 0 radical (unpaired) electrons. The highest BCUT2D eigenvalue weighted by molar-refractivity contribution is 5.68. The van der Waals surface area contributed by atoms with Crippen LogP contribution in [0.15, 0.2) is 6.20 Å². The van der Waals surface area contributed by atoms with Gasteiger partial charge in [0.1, 0.15) is 5.60 Å². The van der Waals surface area contributed by atoms with E-state index in [1.807, 2.05) is 43.6 Å². The molecule has 1 aromatic rings. The zero-order valence-electron chi connectivity index (χ0n) is 16.0. The lowest BCUT2D eigenvalue weighted by atomic mass is 9.91. The summed E-state index contributed by atoms with van der Waals surface area (Å²) in [6, 6.07) is 0.398. The summed E-state index contributed by atoms with van der Waals surface area (Å²) in [7, 11) is 2.03. The Morgan fingerprint density at radius 2 is 2.16 bits per heavy atom. The Kier molecular flexibility index (Phi) is 5.37. The molecule has 1 saturated heterocycles. The van der Waals surface area contributed by atoms with Crippen molar-refractivity contribution in [1.82, 2.24) is 20.0 Å². The molecule has 2 heterocycles. The van der Waals surface area contributed by atoms with Gasteiger partial charge in [0, 0.05) is 44.0 Å². The van der Waals surface area contributed by atoms with Crippen molar-refractivity contribution in [3.05, 3.63) is 17.5 Å². The lowest BCUT2D eigenvalue weighted by Gasteiger charge is -2.35. The number of ether oxygens (including phenoxy) is 1. The number of amides is 1. The van der Waals surface area contributed by atoms with E-state index >= 15 is 0 Å². The zero-order valence-corrected chi connectivity index (χ0v) is 16.0. The number of nitrogens with one attached hydrogen (secondary N) is 1. The number of fused-ring (bicyclic) bond motifs is 1. The first-order valence-corrected chi connectivity index (χ1v) is 9.55. The number of carbonyl (C=O) groups is 1. The van der Waals surface area contributed by atoms with Crippen LogP contribution in [0.3, 0.4) is 0 Å². The molecule has 1 aliphatic carbocycles. The number of carbonyl (C=O) groups excluding carboxylic acids is 1. The van der Waals surface area contributed by atoms with Crippen LogP contribution in [0.4, 0.5) is 4.79 Å². The number of piperidine rings is 1. The molecule has 0 spiro atoms. The summed E-state index contributed by atoms with van der Waals surface area (Å²) in [5.41, 5.74) is 2.29. The van der Waals surface area contributed by atoms with E-state index in [-0.39, 0.29) is 6.09 Å². The van der Waals surface area contributed by atoms with Gasteiger partial charge >= 0.3 is 6.09 Å². The van der Waals surface area contributed by atoms with Gasteiger partial charge in [0.15, 0.2) is 0 Å². The summed E-state index contributed by atoms with van der Waals surface area (Å²) in [6.45, 7) is 8.29. The lowest BCUT2D eigenvalue weighted by Crippen LogP contribution is -2.45. The van der Waals surface area contributed by atoms with Crippen LogP contribution in [0.1, 0.15) is 63.8 Å². The molecule has 0 bridgehead atoms. The second-order valence-electron chi connectivity index (χ2n) is 8.46. The van der Waals surface area contributed by atoms with Crippen molar-refractivity contribution < 1.29 is 9.53 Å². The van der Waals surface area contributed by atoms with Crippen LogP contribution >= 0.6 is 0 Å². The minimum atomic E-state index is -0.429. The Morgan fingerprint density at radius 1 is 1.36 bits per heavy atom. The third kappa shape index (κ3) is 4.54. The van der Waals surface area contributed by atoms with Gasteiger partial charge in [-0.15, -0.1) is 0 Å². The smallest absolute Gasteiger partial charge is 0.410 e. The van der Waals surface area contributed by atoms with E-state index in [0.717, 1.165) is 32.5 Å². The first kappa shape index (κ1) is 18.2. The topological polar surface area (TPSA) is 59.4 Å². The third-order valence-corrected chi connectivity index (χ3v) is 5.20. The fourth-order valence-electron chi connectivity index (χ4n) is 3.95. The fourth-order valence-corrected chi connectivity index (χ4v) is 3.95. The largest absolute Gasteiger partial charge is 0.444 e. The van der Waals surface area contributed by atoms with Crippen LogP contribution < -0.4 is 5.32 Å².